The highest BCUT2D eigenvalue weighted by Gasteiger charge is 2.43. The molecule has 0 radical (unpaired) electrons. The molecule has 1 N–H and O–H groups in total. The van der Waals surface area contributed by atoms with Crippen molar-refractivity contribution in [2.75, 3.05) is 11.9 Å². The molecule has 4 aromatic rings. The minimum absolute atomic E-state index is 0.0401. The number of nitrogens with zero attached hydrogens (tertiary/aromatic N) is 4. The van der Waals surface area contributed by atoms with E-state index in [1.807, 2.05) is 6.07 Å². The summed E-state index contributed by atoms with van der Waals surface area (Å²) in [4.78, 5) is 38.7. The number of carboxylic acids is 1. The van der Waals surface area contributed by atoms with Crippen LogP contribution in [0.2, 0.25) is 0 Å². The first-order valence-corrected chi connectivity index (χ1v) is 10.5. The molecule has 13 heteroatoms. The molecule has 0 saturated carbocycles. The van der Waals surface area contributed by atoms with E-state index in [9.17, 15) is 33.5 Å². The van der Waals surface area contributed by atoms with Gasteiger partial charge in [-0.1, -0.05) is 0 Å². The number of amides is 1. The third-order valence-corrected chi connectivity index (χ3v) is 5.58. The standard InChI is InChI=1S/C24H14F2N4O7/c1-29(15-2-3-17-18(9-15)37-24(25,26)36-17)19(31)11-30-22(32)16-4-5-35-21(16)20(28-30)13-6-12(10-27)7-14(8-13)23(33)34/h2-9H,11H2,1H3,(H,33,34). The Labute approximate surface area is 205 Å². The van der Waals surface area contributed by atoms with Crippen LogP contribution in [-0.4, -0.2) is 40.1 Å². The first-order valence-electron chi connectivity index (χ1n) is 10.5. The lowest BCUT2D eigenvalue weighted by atomic mass is 10.0. The number of hydrogen-bond donors (Lipinski definition) is 1. The van der Waals surface area contributed by atoms with Gasteiger partial charge in [0.2, 0.25) is 5.91 Å². The van der Waals surface area contributed by atoms with Crippen LogP contribution in [0.3, 0.4) is 0 Å². The molecule has 1 aliphatic rings. The number of rotatable bonds is 5. The fourth-order valence-electron chi connectivity index (χ4n) is 3.78. The Morgan fingerprint density at radius 1 is 1.16 bits per heavy atom. The number of halogens is 2. The van der Waals surface area contributed by atoms with Gasteiger partial charge in [-0.25, -0.2) is 9.48 Å². The molecule has 3 heterocycles. The van der Waals surface area contributed by atoms with Crippen LogP contribution in [0.15, 0.2) is 57.9 Å². The lowest BCUT2D eigenvalue weighted by molar-refractivity contribution is -0.286. The van der Waals surface area contributed by atoms with Gasteiger partial charge in [0.25, 0.3) is 5.56 Å². The van der Waals surface area contributed by atoms with Gasteiger partial charge in [0.05, 0.1) is 28.8 Å². The Kier molecular flexibility index (Phi) is 5.36. The number of carboxylic acid groups (broad SMARTS) is 1. The SMILES string of the molecule is CN(C(=O)Cn1nc(-c2cc(C#N)cc(C(=O)O)c2)c2occc2c1=O)c1ccc2c(c1)OC(F)(F)O2. The number of carbonyl (C=O) groups excluding carboxylic acids is 1. The summed E-state index contributed by atoms with van der Waals surface area (Å²) in [5, 5.41) is 23.0. The van der Waals surface area contributed by atoms with E-state index in [0.717, 1.165) is 9.58 Å². The highest BCUT2D eigenvalue weighted by Crippen LogP contribution is 2.42. The lowest BCUT2D eigenvalue weighted by Gasteiger charge is -2.18. The molecule has 186 valence electrons. The van der Waals surface area contributed by atoms with Gasteiger partial charge in [0.15, 0.2) is 17.1 Å². The van der Waals surface area contributed by atoms with Crippen LogP contribution in [0.1, 0.15) is 15.9 Å². The highest BCUT2D eigenvalue weighted by atomic mass is 19.3. The Balaban J connectivity index is 1.52. The summed E-state index contributed by atoms with van der Waals surface area (Å²) in [6, 6.07) is 10.8. The second kappa shape index (κ2) is 8.45. The van der Waals surface area contributed by atoms with Gasteiger partial charge >= 0.3 is 12.3 Å². The zero-order valence-electron chi connectivity index (χ0n) is 18.8. The molecule has 11 nitrogen and oxygen atoms in total. The molecule has 2 aromatic heterocycles. The van der Waals surface area contributed by atoms with E-state index in [2.05, 4.69) is 14.6 Å². The summed E-state index contributed by atoms with van der Waals surface area (Å²) in [5.74, 6) is -2.36. The molecule has 0 unspecified atom stereocenters. The molecule has 37 heavy (non-hydrogen) atoms. The summed E-state index contributed by atoms with van der Waals surface area (Å²) in [7, 11) is 1.37. The maximum Gasteiger partial charge on any atom is 0.586 e. The zero-order chi connectivity index (χ0) is 26.5. The van der Waals surface area contributed by atoms with Crippen LogP contribution in [0.5, 0.6) is 11.5 Å². The van der Waals surface area contributed by atoms with Crippen molar-refractivity contribution in [2.45, 2.75) is 12.8 Å². The van der Waals surface area contributed by atoms with Crippen molar-refractivity contribution in [1.29, 1.82) is 5.26 Å². The van der Waals surface area contributed by atoms with E-state index in [0.29, 0.717) is 0 Å². The van der Waals surface area contributed by atoms with Gasteiger partial charge < -0.3 is 23.9 Å². The maximum absolute atomic E-state index is 13.3. The fraction of sp³-hybridized carbons (Fsp3) is 0.125. The third kappa shape index (κ3) is 4.20. The Morgan fingerprint density at radius 3 is 2.65 bits per heavy atom. The van der Waals surface area contributed by atoms with E-state index < -0.39 is 30.3 Å². The fourth-order valence-corrected chi connectivity index (χ4v) is 3.78. The molecular formula is C24H14F2N4O7. The Hall–Kier alpha value is -5.25. The van der Waals surface area contributed by atoms with Gasteiger partial charge in [0.1, 0.15) is 12.2 Å². The van der Waals surface area contributed by atoms with Crippen LogP contribution in [0.25, 0.3) is 22.2 Å². The number of aromatic carboxylic acids is 1. The quantitative estimate of drug-likeness (QED) is 0.429. The number of carbonyl (C=O) groups is 2. The first-order chi connectivity index (χ1) is 17.6. The number of hydrogen-bond acceptors (Lipinski definition) is 8. The Morgan fingerprint density at radius 2 is 1.92 bits per heavy atom. The number of anilines is 1. The number of furan rings is 1. The average molecular weight is 508 g/mol. The van der Waals surface area contributed by atoms with Crippen molar-refractivity contribution in [3.05, 3.63) is 70.2 Å². The van der Waals surface area contributed by atoms with Gasteiger partial charge in [-0.2, -0.15) is 10.4 Å². The molecule has 0 fully saturated rings. The molecule has 0 bridgehead atoms. The molecule has 5 rings (SSSR count). The van der Waals surface area contributed by atoms with Crippen molar-refractivity contribution in [2.24, 2.45) is 0 Å². The molecule has 1 amide bonds. The van der Waals surface area contributed by atoms with Crippen molar-refractivity contribution in [3.63, 3.8) is 0 Å². The van der Waals surface area contributed by atoms with E-state index in [4.69, 9.17) is 4.42 Å². The predicted octanol–water partition coefficient (Wildman–Crippen LogP) is 3.21. The van der Waals surface area contributed by atoms with Gasteiger partial charge in [-0.15, -0.1) is 8.78 Å². The largest absolute Gasteiger partial charge is 0.586 e. The minimum atomic E-state index is -3.82. The summed E-state index contributed by atoms with van der Waals surface area (Å²) in [5.41, 5.74) is -0.339. The van der Waals surface area contributed by atoms with Crippen LogP contribution in [0.4, 0.5) is 14.5 Å². The number of aromatic nitrogens is 2. The monoisotopic (exact) mass is 508 g/mol. The minimum Gasteiger partial charge on any atom is -0.478 e. The van der Waals surface area contributed by atoms with E-state index in [1.54, 1.807) is 0 Å². The number of likely N-dealkylation sites (N-methyl/N-ethyl adjacent to an activating group) is 1. The lowest BCUT2D eigenvalue weighted by Crippen LogP contribution is -2.35. The number of nitriles is 1. The second-order valence-corrected chi connectivity index (χ2v) is 7.94. The highest BCUT2D eigenvalue weighted by molar-refractivity contribution is 5.95. The molecule has 2 aromatic carbocycles. The number of alkyl halides is 2. The summed E-state index contributed by atoms with van der Waals surface area (Å²) < 4.78 is 41.7. The van der Waals surface area contributed by atoms with Crippen LogP contribution in [0, 0.1) is 11.3 Å². The topological polar surface area (TPSA) is 148 Å². The van der Waals surface area contributed by atoms with Gasteiger partial charge in [-0.05, 0) is 36.4 Å². The van der Waals surface area contributed by atoms with Crippen LogP contribution >= 0.6 is 0 Å². The normalized spacial score (nSPS) is 13.4. The van der Waals surface area contributed by atoms with Gasteiger partial charge in [-0.3, -0.25) is 9.59 Å². The molecular weight excluding hydrogens is 494 g/mol. The summed E-state index contributed by atoms with van der Waals surface area (Å²) >= 11 is 0. The molecule has 1 aliphatic heterocycles. The smallest absolute Gasteiger partial charge is 0.478 e. The molecule has 0 aliphatic carbocycles. The predicted molar refractivity (Wildman–Crippen MR) is 121 cm³/mol. The van der Waals surface area contributed by atoms with E-state index >= 15 is 0 Å². The molecule has 0 spiro atoms. The van der Waals surface area contributed by atoms with Crippen molar-refractivity contribution in [3.8, 4) is 28.8 Å². The number of ether oxygens (including phenoxy) is 2. The third-order valence-electron chi connectivity index (χ3n) is 5.58. The van der Waals surface area contributed by atoms with Gasteiger partial charge in [0, 0.05) is 24.4 Å². The maximum atomic E-state index is 13.3. The Bertz CT molecular complexity index is 1700. The second-order valence-electron chi connectivity index (χ2n) is 7.94. The number of benzene rings is 2. The number of fused-ring (bicyclic) bond motifs is 2. The average Bonchev–Trinajstić information content (AvgIpc) is 3.47. The molecule has 0 atom stereocenters. The van der Waals surface area contributed by atoms with E-state index in [1.165, 1.54) is 55.8 Å². The summed E-state index contributed by atoms with van der Waals surface area (Å²) in [6.45, 7) is -0.558. The van der Waals surface area contributed by atoms with Crippen molar-refractivity contribution < 1.29 is 37.4 Å². The van der Waals surface area contributed by atoms with Crippen molar-refractivity contribution in [1.82, 2.24) is 9.78 Å². The van der Waals surface area contributed by atoms with Crippen LogP contribution < -0.4 is 19.9 Å². The summed E-state index contributed by atoms with van der Waals surface area (Å²) in [6.07, 6.45) is -2.58. The zero-order valence-corrected chi connectivity index (χ0v) is 18.8. The molecule has 0 saturated heterocycles. The van der Waals surface area contributed by atoms with E-state index in [-0.39, 0.29) is 50.5 Å². The van der Waals surface area contributed by atoms with Crippen LogP contribution in [-0.2, 0) is 11.3 Å². The first kappa shape index (κ1) is 23.5. The van der Waals surface area contributed by atoms with Crippen molar-refractivity contribution >= 4 is 28.5 Å².